The summed E-state index contributed by atoms with van der Waals surface area (Å²) in [7, 11) is 0. The lowest BCUT2D eigenvalue weighted by atomic mass is 10.0. The number of ether oxygens (including phenoxy) is 1. The van der Waals surface area contributed by atoms with Crippen molar-refractivity contribution < 1.29 is 13.5 Å². The molecule has 0 aliphatic rings. The van der Waals surface area contributed by atoms with Gasteiger partial charge in [0.25, 0.3) is 0 Å². The number of nitrogens with zero attached hydrogens (tertiary/aromatic N) is 2. The van der Waals surface area contributed by atoms with Crippen LogP contribution in [0.25, 0.3) is 11.4 Å². The summed E-state index contributed by atoms with van der Waals surface area (Å²) in [6, 6.07) is 4.74. The van der Waals surface area contributed by atoms with E-state index in [-0.39, 0.29) is 18.8 Å². The SMILES string of the molecule is CCCCCCCCCCCCCc1cnc(-c2ccc(OCCC(F)CCCCCC)c(F)c2)nc1. The lowest BCUT2D eigenvalue weighted by molar-refractivity contribution is 0.217. The molecule has 0 aliphatic carbocycles. The van der Waals surface area contributed by atoms with Crippen molar-refractivity contribution in [2.24, 2.45) is 0 Å². The molecule has 0 N–H and O–H groups in total. The zero-order valence-electron chi connectivity index (χ0n) is 23.5. The maximum atomic E-state index is 14.5. The second kappa shape index (κ2) is 20.0. The van der Waals surface area contributed by atoms with Crippen molar-refractivity contribution in [3.63, 3.8) is 0 Å². The first-order valence-corrected chi connectivity index (χ1v) is 15.0. The highest BCUT2D eigenvalue weighted by atomic mass is 19.1. The normalized spacial score (nSPS) is 12.1. The minimum atomic E-state index is -0.892. The molecule has 0 bridgehead atoms. The zero-order valence-corrected chi connectivity index (χ0v) is 23.5. The summed E-state index contributed by atoms with van der Waals surface area (Å²) < 4.78 is 34.0. The monoisotopic (exact) mass is 516 g/mol. The van der Waals surface area contributed by atoms with Gasteiger partial charge in [0.15, 0.2) is 17.4 Å². The molecular formula is C32H50F2N2O. The maximum Gasteiger partial charge on any atom is 0.165 e. The molecule has 0 fully saturated rings. The van der Waals surface area contributed by atoms with Crippen LogP contribution in [0.4, 0.5) is 8.78 Å². The van der Waals surface area contributed by atoms with Crippen molar-refractivity contribution in [1.82, 2.24) is 9.97 Å². The van der Waals surface area contributed by atoms with Crippen LogP contribution >= 0.6 is 0 Å². The molecule has 1 heterocycles. The van der Waals surface area contributed by atoms with E-state index in [1.54, 1.807) is 12.1 Å². The summed E-state index contributed by atoms with van der Waals surface area (Å²) in [6.45, 7) is 4.58. The smallest absolute Gasteiger partial charge is 0.165 e. The third-order valence-electron chi connectivity index (χ3n) is 7.02. The minimum absolute atomic E-state index is 0.148. The molecule has 3 nitrogen and oxygen atoms in total. The summed E-state index contributed by atoms with van der Waals surface area (Å²) in [5.41, 5.74) is 1.74. The number of aryl methyl sites for hydroxylation is 1. The predicted molar refractivity (Wildman–Crippen MR) is 151 cm³/mol. The number of alkyl halides is 1. The highest BCUT2D eigenvalue weighted by Gasteiger charge is 2.11. The van der Waals surface area contributed by atoms with Crippen LogP contribution in [0.5, 0.6) is 5.75 Å². The fourth-order valence-corrected chi connectivity index (χ4v) is 4.62. The quantitative estimate of drug-likeness (QED) is 0.146. The van der Waals surface area contributed by atoms with Crippen molar-refractivity contribution in [2.75, 3.05) is 6.61 Å². The molecule has 0 aliphatic heterocycles. The Kier molecular flexibility index (Phi) is 16.8. The van der Waals surface area contributed by atoms with Gasteiger partial charge in [0.2, 0.25) is 0 Å². The predicted octanol–water partition coefficient (Wildman–Crippen LogP) is 10.2. The topological polar surface area (TPSA) is 35.0 Å². The van der Waals surface area contributed by atoms with Gasteiger partial charge in [-0.15, -0.1) is 0 Å². The molecule has 1 atom stereocenters. The molecule has 5 heteroatoms. The van der Waals surface area contributed by atoms with Gasteiger partial charge in [0.1, 0.15) is 6.17 Å². The standard InChI is InChI=1S/C32H50F2N2O/c1-3-5-7-9-10-11-12-13-14-15-16-18-27-25-35-32(36-26-27)28-20-21-31(30(34)24-28)37-23-22-29(33)19-17-8-6-4-2/h20-21,24-26,29H,3-19,22-23H2,1-2H3. The molecule has 1 unspecified atom stereocenters. The van der Waals surface area contributed by atoms with Gasteiger partial charge in [0.05, 0.1) is 6.61 Å². The number of halogens is 2. The van der Waals surface area contributed by atoms with E-state index < -0.39 is 12.0 Å². The summed E-state index contributed by atoms with van der Waals surface area (Å²) in [4.78, 5) is 8.90. The van der Waals surface area contributed by atoms with E-state index in [1.165, 1.54) is 70.3 Å². The van der Waals surface area contributed by atoms with Crippen LogP contribution in [0.3, 0.4) is 0 Å². The Morgan fingerprint density at radius 3 is 1.89 bits per heavy atom. The molecule has 0 spiro atoms. The van der Waals surface area contributed by atoms with Gasteiger partial charge in [-0.05, 0) is 43.0 Å². The van der Waals surface area contributed by atoms with Crippen LogP contribution in [-0.4, -0.2) is 22.7 Å². The average Bonchev–Trinajstić information content (AvgIpc) is 2.91. The van der Waals surface area contributed by atoms with Crippen molar-refractivity contribution in [3.8, 4) is 17.1 Å². The van der Waals surface area contributed by atoms with Crippen molar-refractivity contribution in [1.29, 1.82) is 0 Å². The highest BCUT2D eigenvalue weighted by molar-refractivity contribution is 5.56. The van der Waals surface area contributed by atoms with Gasteiger partial charge in [-0.25, -0.2) is 18.7 Å². The summed E-state index contributed by atoms with van der Waals surface area (Å²) in [5, 5.41) is 0. The molecule has 2 aromatic rings. The second-order valence-corrected chi connectivity index (χ2v) is 10.4. The van der Waals surface area contributed by atoms with Crippen LogP contribution in [0, 0.1) is 5.82 Å². The van der Waals surface area contributed by atoms with E-state index in [4.69, 9.17) is 4.74 Å². The molecule has 1 aromatic heterocycles. The van der Waals surface area contributed by atoms with E-state index in [2.05, 4.69) is 23.8 Å². The van der Waals surface area contributed by atoms with Gasteiger partial charge >= 0.3 is 0 Å². The van der Waals surface area contributed by atoms with E-state index in [1.807, 2.05) is 12.4 Å². The lowest BCUT2D eigenvalue weighted by Gasteiger charge is -2.11. The van der Waals surface area contributed by atoms with E-state index in [9.17, 15) is 8.78 Å². The molecular weight excluding hydrogens is 466 g/mol. The van der Waals surface area contributed by atoms with E-state index in [0.717, 1.165) is 44.1 Å². The number of rotatable bonds is 22. The van der Waals surface area contributed by atoms with Crippen LogP contribution in [0.15, 0.2) is 30.6 Å². The number of hydrogen-bond donors (Lipinski definition) is 0. The Labute approximate surface area is 224 Å². The molecule has 208 valence electrons. The highest BCUT2D eigenvalue weighted by Crippen LogP contribution is 2.24. The van der Waals surface area contributed by atoms with Crippen LogP contribution in [-0.2, 0) is 6.42 Å². The average molecular weight is 517 g/mol. The fraction of sp³-hybridized carbons (Fsp3) is 0.688. The van der Waals surface area contributed by atoms with Crippen LogP contribution in [0.2, 0.25) is 0 Å². The largest absolute Gasteiger partial charge is 0.490 e. The molecule has 0 saturated heterocycles. The molecule has 0 amide bonds. The second-order valence-electron chi connectivity index (χ2n) is 10.4. The Balaban J connectivity index is 1.63. The van der Waals surface area contributed by atoms with Crippen molar-refractivity contribution in [3.05, 3.63) is 42.0 Å². The molecule has 0 saturated carbocycles. The number of benzene rings is 1. The van der Waals surface area contributed by atoms with Gasteiger partial charge in [-0.2, -0.15) is 0 Å². The lowest BCUT2D eigenvalue weighted by Crippen LogP contribution is -2.08. The Morgan fingerprint density at radius 1 is 0.730 bits per heavy atom. The van der Waals surface area contributed by atoms with Gasteiger partial charge in [-0.1, -0.05) is 104 Å². The first kappa shape index (κ1) is 31.2. The Bertz CT molecular complexity index is 828. The van der Waals surface area contributed by atoms with Crippen LogP contribution < -0.4 is 4.74 Å². The maximum absolute atomic E-state index is 14.5. The Morgan fingerprint density at radius 2 is 1.30 bits per heavy atom. The van der Waals surface area contributed by atoms with Crippen LogP contribution in [0.1, 0.15) is 129 Å². The van der Waals surface area contributed by atoms with E-state index in [0.29, 0.717) is 17.8 Å². The third-order valence-corrected chi connectivity index (χ3v) is 7.02. The molecule has 37 heavy (non-hydrogen) atoms. The number of hydrogen-bond acceptors (Lipinski definition) is 3. The van der Waals surface area contributed by atoms with Gasteiger partial charge in [0, 0.05) is 24.4 Å². The fourth-order valence-electron chi connectivity index (χ4n) is 4.62. The summed E-state index contributed by atoms with van der Waals surface area (Å²) in [5.74, 6) is 0.184. The van der Waals surface area contributed by atoms with Gasteiger partial charge in [-0.3, -0.25) is 0 Å². The number of unbranched alkanes of at least 4 members (excludes halogenated alkanes) is 13. The van der Waals surface area contributed by atoms with Gasteiger partial charge < -0.3 is 4.74 Å². The Hall–Kier alpha value is -2.04. The number of aromatic nitrogens is 2. The molecule has 1 aromatic carbocycles. The summed E-state index contributed by atoms with van der Waals surface area (Å²) in [6.07, 6.45) is 23.5. The zero-order chi connectivity index (χ0) is 26.6. The molecule has 0 radical (unpaired) electrons. The first-order valence-electron chi connectivity index (χ1n) is 15.0. The van der Waals surface area contributed by atoms with Crippen molar-refractivity contribution >= 4 is 0 Å². The first-order chi connectivity index (χ1) is 18.1. The van der Waals surface area contributed by atoms with E-state index >= 15 is 0 Å². The summed E-state index contributed by atoms with van der Waals surface area (Å²) >= 11 is 0. The minimum Gasteiger partial charge on any atom is -0.490 e. The third kappa shape index (κ3) is 13.9. The molecule has 2 rings (SSSR count). The van der Waals surface area contributed by atoms with Crippen molar-refractivity contribution in [2.45, 2.75) is 136 Å².